The number of ketones is 2. The molecular weight excluding hydrogens is 521 g/mol. The number of anilines is 1. The van der Waals surface area contributed by atoms with Crippen molar-refractivity contribution in [2.75, 3.05) is 40.2 Å². The highest BCUT2D eigenvalue weighted by Crippen LogP contribution is 2.55. The summed E-state index contributed by atoms with van der Waals surface area (Å²) in [6, 6.07) is 2.84. The lowest BCUT2D eigenvalue weighted by Crippen LogP contribution is -2.64. The number of carbonyl (C=O) groups excluding carboxylic acids is 4. The second-order valence-electron chi connectivity index (χ2n) is 10.1. The predicted octanol–water partition coefficient (Wildman–Crippen LogP) is 2.44. The standard InChI is InChI=1S/C26H29Cl2N3O6/c1-11(32)29-25(36)19-20(27)21(31(4)5)14-10-12-9-13-15(30(2)3)7-8-16(37-6)18(13)22(33)17(12)23(34)26(14,28)24(19)35/h7-8,12,14,21,33H,9-10H2,1-6H3,(H,29,32,36)/t12-,14-,21-,26-/m0/s1. The van der Waals surface area contributed by atoms with E-state index in [-0.39, 0.29) is 22.8 Å². The highest BCUT2D eigenvalue weighted by atomic mass is 35.5. The molecule has 0 aromatic heterocycles. The van der Waals surface area contributed by atoms with Gasteiger partial charge in [-0.3, -0.25) is 24.5 Å². The van der Waals surface area contributed by atoms with Crippen molar-refractivity contribution in [3.63, 3.8) is 0 Å². The van der Waals surface area contributed by atoms with Crippen LogP contribution in [0.2, 0.25) is 0 Å². The number of fused-ring (bicyclic) bond motifs is 3. The molecule has 37 heavy (non-hydrogen) atoms. The van der Waals surface area contributed by atoms with Gasteiger partial charge < -0.3 is 19.6 Å². The van der Waals surface area contributed by atoms with Gasteiger partial charge in [-0.05, 0) is 50.6 Å². The number of allylic oxidation sites excluding steroid dienone is 1. The number of Topliss-reactive ketones (excluding diaryl/α,β-unsaturated/α-hetero) is 2. The van der Waals surface area contributed by atoms with Gasteiger partial charge in [-0.15, -0.1) is 11.6 Å². The minimum Gasteiger partial charge on any atom is -0.507 e. The molecule has 4 rings (SSSR count). The molecule has 4 atom stereocenters. The first-order valence-corrected chi connectivity index (χ1v) is 12.5. The van der Waals surface area contributed by atoms with Gasteiger partial charge in [-0.2, -0.15) is 0 Å². The van der Waals surface area contributed by atoms with Gasteiger partial charge in [0.15, 0.2) is 16.4 Å². The molecular formula is C26H29Cl2N3O6. The number of nitrogens with one attached hydrogen (secondary N) is 1. The highest BCUT2D eigenvalue weighted by Gasteiger charge is 2.64. The third-order valence-corrected chi connectivity index (χ3v) is 8.47. The van der Waals surface area contributed by atoms with E-state index in [0.717, 1.165) is 18.2 Å². The highest BCUT2D eigenvalue weighted by molar-refractivity contribution is 6.56. The fourth-order valence-corrected chi connectivity index (χ4v) is 6.85. The van der Waals surface area contributed by atoms with Gasteiger partial charge in [0.25, 0.3) is 5.91 Å². The van der Waals surface area contributed by atoms with Crippen LogP contribution in [0.3, 0.4) is 0 Å². The van der Waals surface area contributed by atoms with Crippen molar-refractivity contribution in [3.05, 3.63) is 39.4 Å². The number of benzene rings is 1. The molecule has 1 aromatic carbocycles. The number of alkyl halides is 1. The number of methoxy groups -OCH3 is 1. The van der Waals surface area contributed by atoms with E-state index in [1.807, 2.05) is 25.1 Å². The largest absolute Gasteiger partial charge is 0.507 e. The fourth-order valence-electron chi connectivity index (χ4n) is 5.93. The van der Waals surface area contributed by atoms with Crippen molar-refractivity contribution in [3.8, 4) is 5.75 Å². The molecule has 0 heterocycles. The Kier molecular flexibility index (Phi) is 6.94. The molecule has 2 N–H and O–H groups in total. The molecule has 198 valence electrons. The molecule has 0 bridgehead atoms. The number of aliphatic hydroxyl groups excluding tert-OH is 1. The van der Waals surface area contributed by atoms with E-state index < -0.39 is 51.7 Å². The molecule has 1 aromatic rings. The van der Waals surface area contributed by atoms with Crippen molar-refractivity contribution in [2.45, 2.75) is 30.7 Å². The molecule has 3 aliphatic carbocycles. The maximum absolute atomic E-state index is 14.1. The van der Waals surface area contributed by atoms with Crippen LogP contribution in [0.1, 0.15) is 24.5 Å². The van der Waals surface area contributed by atoms with Gasteiger partial charge in [-0.25, -0.2) is 0 Å². The summed E-state index contributed by atoms with van der Waals surface area (Å²) in [7, 11) is 8.65. The van der Waals surface area contributed by atoms with Crippen molar-refractivity contribution >= 4 is 58.0 Å². The van der Waals surface area contributed by atoms with E-state index in [1.54, 1.807) is 25.1 Å². The number of amides is 2. The van der Waals surface area contributed by atoms with Crippen LogP contribution in [0.25, 0.3) is 5.76 Å². The van der Waals surface area contributed by atoms with E-state index in [9.17, 15) is 24.3 Å². The quantitative estimate of drug-likeness (QED) is 0.334. The van der Waals surface area contributed by atoms with Gasteiger partial charge >= 0.3 is 0 Å². The molecule has 11 heteroatoms. The SMILES string of the molecule is COc1ccc(N(C)C)c2c1C(O)=C1C(=O)[C@]3(Cl)C(=O)C(C(=O)NC(C)=O)=C(Cl)[C@@H](N(C)C)[C@@H]3C[C@@H]1C2. The second-order valence-corrected chi connectivity index (χ2v) is 11.1. The third kappa shape index (κ3) is 3.95. The lowest BCUT2D eigenvalue weighted by atomic mass is 9.59. The minimum absolute atomic E-state index is 0.0307. The van der Waals surface area contributed by atoms with Gasteiger partial charge in [-0.1, -0.05) is 11.6 Å². The molecule has 0 unspecified atom stereocenters. The smallest absolute Gasteiger partial charge is 0.262 e. The summed E-state index contributed by atoms with van der Waals surface area (Å²) in [6.07, 6.45) is 0.659. The summed E-state index contributed by atoms with van der Waals surface area (Å²) in [4.78, 5) is 53.7. The van der Waals surface area contributed by atoms with Crippen LogP contribution in [-0.2, 0) is 25.6 Å². The molecule has 2 amide bonds. The molecule has 1 fully saturated rings. The van der Waals surface area contributed by atoms with Crippen LogP contribution >= 0.6 is 23.2 Å². The number of nitrogens with zero attached hydrogens (tertiary/aromatic N) is 2. The predicted molar refractivity (Wildman–Crippen MR) is 140 cm³/mol. The van der Waals surface area contributed by atoms with E-state index in [4.69, 9.17) is 27.9 Å². The summed E-state index contributed by atoms with van der Waals surface area (Å²) in [5.41, 5.74) is 1.56. The number of imide groups is 1. The Hall–Kier alpha value is -2.88. The van der Waals surface area contributed by atoms with Crippen LogP contribution < -0.4 is 15.0 Å². The van der Waals surface area contributed by atoms with Gasteiger partial charge in [0.2, 0.25) is 5.91 Å². The molecule has 9 nitrogen and oxygen atoms in total. The third-order valence-electron chi connectivity index (χ3n) is 7.44. The number of likely N-dealkylation sites (N-methyl/N-ethyl adjacent to an activating group) is 1. The molecule has 0 aliphatic heterocycles. The zero-order valence-electron chi connectivity index (χ0n) is 21.4. The maximum Gasteiger partial charge on any atom is 0.262 e. The molecule has 3 aliphatic rings. The van der Waals surface area contributed by atoms with Crippen LogP contribution in [0, 0.1) is 11.8 Å². The topological polar surface area (TPSA) is 116 Å². The van der Waals surface area contributed by atoms with Crippen LogP contribution in [0.5, 0.6) is 5.75 Å². The van der Waals surface area contributed by atoms with Crippen molar-refractivity contribution in [1.82, 2.24) is 10.2 Å². The molecule has 1 saturated carbocycles. The fraction of sp³-hybridized carbons (Fsp3) is 0.462. The van der Waals surface area contributed by atoms with Crippen molar-refractivity contribution < 1.29 is 29.0 Å². The summed E-state index contributed by atoms with van der Waals surface area (Å²) in [5, 5.41) is 13.5. The average molecular weight is 550 g/mol. The van der Waals surface area contributed by atoms with Gasteiger partial charge in [0, 0.05) is 38.2 Å². The first-order chi connectivity index (χ1) is 17.3. The molecule has 0 saturated heterocycles. The van der Waals surface area contributed by atoms with Gasteiger partial charge in [0.1, 0.15) is 17.1 Å². The first-order valence-electron chi connectivity index (χ1n) is 11.7. The Morgan fingerprint density at radius 3 is 2.35 bits per heavy atom. The number of aliphatic hydroxyl groups is 1. The Morgan fingerprint density at radius 2 is 1.81 bits per heavy atom. The normalized spacial score (nSPS) is 27.0. The van der Waals surface area contributed by atoms with Gasteiger partial charge in [0.05, 0.1) is 23.7 Å². The van der Waals surface area contributed by atoms with E-state index in [1.165, 1.54) is 7.11 Å². The Morgan fingerprint density at radius 1 is 1.16 bits per heavy atom. The summed E-state index contributed by atoms with van der Waals surface area (Å²) in [5.74, 6) is -4.61. The minimum atomic E-state index is -2.19. The van der Waals surface area contributed by atoms with Crippen LogP contribution in [0.15, 0.2) is 28.3 Å². The van der Waals surface area contributed by atoms with Crippen LogP contribution in [-0.4, -0.2) is 79.6 Å². The summed E-state index contributed by atoms with van der Waals surface area (Å²) < 4.78 is 5.49. The molecule has 0 radical (unpaired) electrons. The number of hydrogen-bond acceptors (Lipinski definition) is 8. The zero-order chi connectivity index (χ0) is 27.6. The van der Waals surface area contributed by atoms with Crippen molar-refractivity contribution in [1.29, 1.82) is 0 Å². The molecule has 0 spiro atoms. The Labute approximate surface area is 225 Å². The zero-order valence-corrected chi connectivity index (χ0v) is 23.0. The van der Waals surface area contributed by atoms with E-state index in [0.29, 0.717) is 17.7 Å². The lowest BCUT2D eigenvalue weighted by Gasteiger charge is -2.50. The van der Waals surface area contributed by atoms with E-state index >= 15 is 0 Å². The second kappa shape index (κ2) is 9.45. The Balaban J connectivity index is 1.95. The number of hydrogen-bond donors (Lipinski definition) is 2. The van der Waals surface area contributed by atoms with E-state index in [2.05, 4.69) is 5.32 Å². The summed E-state index contributed by atoms with van der Waals surface area (Å²) >= 11 is 13.6. The maximum atomic E-state index is 14.1. The monoisotopic (exact) mass is 549 g/mol. The first kappa shape index (κ1) is 27.2. The number of halogens is 2. The number of ether oxygens (including phenoxy) is 1. The lowest BCUT2D eigenvalue weighted by molar-refractivity contribution is -0.134. The Bertz CT molecular complexity index is 1300. The van der Waals surface area contributed by atoms with Crippen LogP contribution in [0.4, 0.5) is 5.69 Å². The van der Waals surface area contributed by atoms with Crippen molar-refractivity contribution in [2.24, 2.45) is 11.8 Å². The number of rotatable bonds is 4. The summed E-state index contributed by atoms with van der Waals surface area (Å²) in [6.45, 7) is 1.12. The average Bonchev–Trinajstić information content (AvgIpc) is 2.80. The number of carbonyl (C=O) groups is 4.